The van der Waals surface area contributed by atoms with E-state index < -0.39 is 35.4 Å². The first-order valence-electron chi connectivity index (χ1n) is 9.03. The van der Waals surface area contributed by atoms with E-state index in [4.69, 9.17) is 14.2 Å². The van der Waals surface area contributed by atoms with Gasteiger partial charge in [0.25, 0.3) is 0 Å². The number of imide groups is 1. The van der Waals surface area contributed by atoms with Gasteiger partial charge in [-0.2, -0.15) is 4.90 Å². The van der Waals surface area contributed by atoms with E-state index in [0.717, 1.165) is 0 Å². The second-order valence-corrected chi connectivity index (χ2v) is 8.61. The van der Waals surface area contributed by atoms with Crippen LogP contribution in [0.4, 0.5) is 9.59 Å². The van der Waals surface area contributed by atoms with Gasteiger partial charge in [-0.1, -0.05) is 13.8 Å². The average molecular weight is 387 g/mol. The van der Waals surface area contributed by atoms with Gasteiger partial charge in [0, 0.05) is 6.42 Å². The number of hydrogen-bond donors (Lipinski definition) is 0. The Labute approximate surface area is 161 Å². The van der Waals surface area contributed by atoms with Gasteiger partial charge >= 0.3 is 18.2 Å². The third-order valence-electron chi connectivity index (χ3n) is 2.88. The summed E-state index contributed by atoms with van der Waals surface area (Å²) in [5.41, 5.74) is -1.79. The lowest BCUT2D eigenvalue weighted by Gasteiger charge is -2.32. The molecule has 0 aliphatic rings. The van der Waals surface area contributed by atoms with E-state index in [2.05, 4.69) is 0 Å². The van der Waals surface area contributed by atoms with Crippen LogP contribution in [-0.2, 0) is 23.8 Å². The number of aldehydes is 1. The summed E-state index contributed by atoms with van der Waals surface area (Å²) in [6.07, 6.45) is -1.59. The van der Waals surface area contributed by atoms with Crippen molar-refractivity contribution in [2.45, 2.75) is 85.5 Å². The molecule has 0 aliphatic carbocycles. The summed E-state index contributed by atoms with van der Waals surface area (Å²) in [4.78, 5) is 49.2. The molecule has 0 bridgehead atoms. The monoisotopic (exact) mass is 387 g/mol. The van der Waals surface area contributed by atoms with Crippen LogP contribution in [0.3, 0.4) is 0 Å². The van der Waals surface area contributed by atoms with Crippen molar-refractivity contribution >= 4 is 24.4 Å². The van der Waals surface area contributed by atoms with E-state index in [-0.39, 0.29) is 25.4 Å². The minimum absolute atomic E-state index is 0.0382. The highest BCUT2D eigenvalue weighted by molar-refractivity contribution is 5.94. The average Bonchev–Trinajstić information content (AvgIpc) is 2.44. The van der Waals surface area contributed by atoms with Crippen LogP contribution in [-0.4, -0.2) is 53.2 Å². The van der Waals surface area contributed by atoms with E-state index in [1.165, 1.54) is 0 Å². The first kappa shape index (κ1) is 24.9. The lowest BCUT2D eigenvalue weighted by atomic mass is 10.1. The molecule has 0 heterocycles. The standard InChI is InChI=1S/C19H33NO7/c1-13(2)12-25-15(22)14(10-9-11-21)20(16(23)26-18(3,4)5)17(24)27-19(6,7)8/h11,13-14H,9-10,12H2,1-8H3/t14-/m0/s1. The molecule has 0 rings (SSSR count). The highest BCUT2D eigenvalue weighted by Gasteiger charge is 2.40. The summed E-state index contributed by atoms with van der Waals surface area (Å²) < 4.78 is 15.7. The first-order valence-corrected chi connectivity index (χ1v) is 9.03. The molecule has 0 aliphatic heterocycles. The van der Waals surface area contributed by atoms with E-state index in [9.17, 15) is 19.2 Å². The molecule has 8 nitrogen and oxygen atoms in total. The molecule has 0 aromatic rings. The largest absolute Gasteiger partial charge is 0.464 e. The van der Waals surface area contributed by atoms with Gasteiger partial charge in [-0.3, -0.25) is 0 Å². The highest BCUT2D eigenvalue weighted by Crippen LogP contribution is 2.20. The predicted octanol–water partition coefficient (Wildman–Crippen LogP) is 3.71. The Kier molecular flexibility index (Phi) is 9.47. The Morgan fingerprint density at radius 2 is 1.37 bits per heavy atom. The minimum Gasteiger partial charge on any atom is -0.464 e. The molecule has 0 N–H and O–H groups in total. The molecule has 0 saturated heterocycles. The lowest BCUT2D eigenvalue weighted by Crippen LogP contribution is -2.52. The molecule has 156 valence electrons. The number of esters is 1. The van der Waals surface area contributed by atoms with Crippen molar-refractivity contribution in [3.63, 3.8) is 0 Å². The SMILES string of the molecule is CC(C)COC(=O)[C@H](CCC=O)N(C(=O)OC(C)(C)C)C(=O)OC(C)(C)C. The van der Waals surface area contributed by atoms with Crippen molar-refractivity contribution in [3.05, 3.63) is 0 Å². The molecule has 0 saturated carbocycles. The van der Waals surface area contributed by atoms with Crippen LogP contribution in [0.15, 0.2) is 0 Å². The molecule has 0 spiro atoms. The van der Waals surface area contributed by atoms with Gasteiger partial charge in [-0.15, -0.1) is 0 Å². The number of nitrogens with zero attached hydrogens (tertiary/aromatic N) is 1. The fourth-order valence-electron chi connectivity index (χ4n) is 1.87. The van der Waals surface area contributed by atoms with Crippen LogP contribution in [0.2, 0.25) is 0 Å². The minimum atomic E-state index is -1.32. The lowest BCUT2D eigenvalue weighted by molar-refractivity contribution is -0.151. The van der Waals surface area contributed by atoms with Crippen LogP contribution in [0.25, 0.3) is 0 Å². The number of carbonyl (C=O) groups is 4. The molecule has 8 heteroatoms. The van der Waals surface area contributed by atoms with Crippen LogP contribution in [0.1, 0.15) is 68.2 Å². The summed E-state index contributed by atoms with van der Waals surface area (Å²) in [5, 5.41) is 0. The molecule has 0 aromatic heterocycles. The van der Waals surface area contributed by atoms with Crippen molar-refractivity contribution in [2.75, 3.05) is 6.61 Å². The molecule has 1 atom stereocenters. The fourth-order valence-corrected chi connectivity index (χ4v) is 1.87. The Bertz CT molecular complexity index is 501. The van der Waals surface area contributed by atoms with Gasteiger partial charge in [0.05, 0.1) is 6.61 Å². The van der Waals surface area contributed by atoms with Gasteiger partial charge < -0.3 is 19.0 Å². The maximum atomic E-state index is 12.6. The van der Waals surface area contributed by atoms with Gasteiger partial charge in [-0.25, -0.2) is 14.4 Å². The van der Waals surface area contributed by atoms with E-state index in [1.54, 1.807) is 41.5 Å². The number of ether oxygens (including phenoxy) is 3. The van der Waals surface area contributed by atoms with E-state index in [1.807, 2.05) is 13.8 Å². The summed E-state index contributed by atoms with van der Waals surface area (Å²) >= 11 is 0. The van der Waals surface area contributed by atoms with Crippen molar-refractivity contribution in [1.82, 2.24) is 4.90 Å². The molecule has 0 aromatic carbocycles. The molecular weight excluding hydrogens is 354 g/mol. The van der Waals surface area contributed by atoms with Gasteiger partial charge in [0.15, 0.2) is 0 Å². The highest BCUT2D eigenvalue weighted by atomic mass is 16.6. The maximum Gasteiger partial charge on any atom is 0.420 e. The smallest absolute Gasteiger partial charge is 0.420 e. The summed E-state index contributed by atoms with van der Waals surface area (Å²) in [7, 11) is 0. The topological polar surface area (TPSA) is 99.2 Å². The third kappa shape index (κ3) is 10.6. The zero-order valence-electron chi connectivity index (χ0n) is 17.7. The van der Waals surface area contributed by atoms with Crippen LogP contribution >= 0.6 is 0 Å². The number of amides is 2. The Morgan fingerprint density at radius 1 is 0.926 bits per heavy atom. The Hall–Kier alpha value is -2.12. The summed E-state index contributed by atoms with van der Waals surface area (Å²) in [5.74, 6) is -0.723. The van der Waals surface area contributed by atoms with Gasteiger partial charge in [0.2, 0.25) is 0 Å². The second-order valence-electron chi connectivity index (χ2n) is 8.61. The van der Waals surface area contributed by atoms with Gasteiger partial charge in [-0.05, 0) is 53.9 Å². The second kappa shape index (κ2) is 10.3. The fraction of sp³-hybridized carbons (Fsp3) is 0.789. The van der Waals surface area contributed by atoms with Crippen molar-refractivity contribution < 1.29 is 33.4 Å². The molecule has 2 amide bonds. The van der Waals surface area contributed by atoms with Gasteiger partial charge in [0.1, 0.15) is 23.5 Å². The van der Waals surface area contributed by atoms with Crippen molar-refractivity contribution in [2.24, 2.45) is 5.92 Å². The van der Waals surface area contributed by atoms with E-state index >= 15 is 0 Å². The Morgan fingerprint density at radius 3 is 1.70 bits per heavy atom. The first-order chi connectivity index (χ1) is 12.2. The molecular formula is C19H33NO7. The number of rotatable bonds is 7. The number of hydrogen-bond acceptors (Lipinski definition) is 7. The normalized spacial score (nSPS) is 12.9. The quantitative estimate of drug-likeness (QED) is 0.373. The zero-order valence-corrected chi connectivity index (χ0v) is 17.7. The van der Waals surface area contributed by atoms with Crippen LogP contribution < -0.4 is 0 Å². The Balaban J connectivity index is 5.79. The number of carbonyl (C=O) groups excluding carboxylic acids is 4. The molecule has 0 radical (unpaired) electrons. The predicted molar refractivity (Wildman–Crippen MR) is 99.2 cm³/mol. The van der Waals surface area contributed by atoms with Crippen molar-refractivity contribution in [3.8, 4) is 0 Å². The zero-order chi connectivity index (χ0) is 21.4. The van der Waals surface area contributed by atoms with Crippen molar-refractivity contribution in [1.29, 1.82) is 0 Å². The molecule has 0 fully saturated rings. The summed E-state index contributed by atoms with van der Waals surface area (Å²) in [6.45, 7) is 13.6. The van der Waals surface area contributed by atoms with Crippen LogP contribution in [0, 0.1) is 5.92 Å². The molecule has 27 heavy (non-hydrogen) atoms. The molecule has 0 unspecified atom stereocenters. The summed E-state index contributed by atoms with van der Waals surface area (Å²) in [6, 6.07) is -1.32. The third-order valence-corrected chi connectivity index (χ3v) is 2.88. The maximum absolute atomic E-state index is 12.6. The van der Waals surface area contributed by atoms with Crippen LogP contribution in [0.5, 0.6) is 0 Å². The van der Waals surface area contributed by atoms with E-state index in [0.29, 0.717) is 11.2 Å².